The number of tetrazole rings is 1. The molecule has 1 aromatic heterocycles. The summed E-state index contributed by atoms with van der Waals surface area (Å²) in [5, 5.41) is 13.5. The van der Waals surface area contributed by atoms with Gasteiger partial charge in [0.15, 0.2) is 0 Å². The van der Waals surface area contributed by atoms with E-state index in [0.717, 1.165) is 5.56 Å². The van der Waals surface area contributed by atoms with Gasteiger partial charge in [-0.05, 0) is 5.21 Å². The number of hydrogen-bond acceptors (Lipinski definition) is 3. The van der Waals surface area contributed by atoms with Crippen LogP contribution in [0.1, 0.15) is 0 Å². The summed E-state index contributed by atoms with van der Waals surface area (Å²) in [6, 6.07) is 9.69. The van der Waals surface area contributed by atoms with Gasteiger partial charge in [-0.2, -0.15) is 5.21 Å². The SMILES string of the molecule is [Pb].c1ccc(-c2nn[nH]n2)cc1. The standard InChI is InChI=1S/C7H6N4.Pb/c1-2-4-6(5-3-1)7-8-10-11-9-7;/h1-5H,(H,8,9,10,11);. The molecule has 12 heavy (non-hydrogen) atoms. The van der Waals surface area contributed by atoms with Gasteiger partial charge in [0.1, 0.15) is 0 Å². The molecule has 0 bridgehead atoms. The molecule has 0 aliphatic rings. The van der Waals surface area contributed by atoms with E-state index in [-0.39, 0.29) is 27.3 Å². The topological polar surface area (TPSA) is 54.5 Å². The number of nitrogens with one attached hydrogen (secondary N) is 1. The minimum atomic E-state index is 0. The van der Waals surface area contributed by atoms with Crippen LogP contribution in [0.4, 0.5) is 0 Å². The second kappa shape index (κ2) is 4.29. The molecule has 0 fully saturated rings. The van der Waals surface area contributed by atoms with E-state index in [4.69, 9.17) is 0 Å². The average Bonchev–Trinajstić information content (AvgIpc) is 2.58. The van der Waals surface area contributed by atoms with Crippen LogP contribution in [0.3, 0.4) is 0 Å². The first-order chi connectivity index (χ1) is 5.47. The Bertz CT molecular complexity index is 318. The third kappa shape index (κ3) is 1.87. The van der Waals surface area contributed by atoms with Gasteiger partial charge in [-0.25, -0.2) is 0 Å². The molecule has 1 heterocycles. The summed E-state index contributed by atoms with van der Waals surface area (Å²) in [5.74, 6) is 0.630. The molecule has 2 rings (SSSR count). The van der Waals surface area contributed by atoms with Gasteiger partial charge < -0.3 is 0 Å². The van der Waals surface area contributed by atoms with Crippen molar-refractivity contribution in [2.45, 2.75) is 0 Å². The third-order valence-corrected chi connectivity index (χ3v) is 1.38. The molecule has 0 spiro atoms. The predicted molar refractivity (Wildman–Crippen MR) is 45.4 cm³/mol. The Morgan fingerprint density at radius 2 is 1.83 bits per heavy atom. The number of hydrogen-bond donors (Lipinski definition) is 1. The first-order valence-electron chi connectivity index (χ1n) is 3.26. The maximum absolute atomic E-state index is 3.84. The molecule has 4 nitrogen and oxygen atoms in total. The third-order valence-electron chi connectivity index (χ3n) is 1.38. The van der Waals surface area contributed by atoms with Crippen LogP contribution in [0.2, 0.25) is 0 Å². The minimum Gasteiger partial charge on any atom is -0.177 e. The van der Waals surface area contributed by atoms with E-state index in [0.29, 0.717) is 5.82 Å². The molecule has 0 unspecified atom stereocenters. The molecule has 4 radical (unpaired) electrons. The van der Waals surface area contributed by atoms with Gasteiger partial charge in [0.05, 0.1) is 0 Å². The van der Waals surface area contributed by atoms with Crippen molar-refractivity contribution in [2.75, 3.05) is 0 Å². The van der Waals surface area contributed by atoms with E-state index in [9.17, 15) is 0 Å². The number of aromatic nitrogens is 4. The normalized spacial score (nSPS) is 9.00. The summed E-state index contributed by atoms with van der Waals surface area (Å²) >= 11 is 0. The Labute approximate surface area is 89.5 Å². The van der Waals surface area contributed by atoms with Gasteiger partial charge in [-0.15, -0.1) is 10.2 Å². The number of aromatic amines is 1. The zero-order valence-electron chi connectivity index (χ0n) is 6.23. The largest absolute Gasteiger partial charge is 0.204 e. The fraction of sp³-hybridized carbons (Fsp3) is 0. The van der Waals surface area contributed by atoms with E-state index in [2.05, 4.69) is 20.6 Å². The first-order valence-corrected chi connectivity index (χ1v) is 3.26. The summed E-state index contributed by atoms with van der Waals surface area (Å²) in [6.07, 6.45) is 0. The Morgan fingerprint density at radius 1 is 1.08 bits per heavy atom. The molecule has 1 N–H and O–H groups in total. The van der Waals surface area contributed by atoms with Crippen LogP contribution in [0.15, 0.2) is 30.3 Å². The van der Waals surface area contributed by atoms with Crippen LogP contribution in [0, 0.1) is 0 Å². The Balaban J connectivity index is 0.000000720. The summed E-state index contributed by atoms with van der Waals surface area (Å²) in [5.41, 5.74) is 0.973. The number of nitrogens with zero attached hydrogens (tertiary/aromatic N) is 3. The van der Waals surface area contributed by atoms with E-state index in [1.165, 1.54) is 0 Å². The Kier molecular flexibility index (Phi) is 3.33. The second-order valence-electron chi connectivity index (χ2n) is 2.10. The number of H-pyrrole nitrogens is 1. The Morgan fingerprint density at radius 3 is 2.42 bits per heavy atom. The van der Waals surface area contributed by atoms with Crippen molar-refractivity contribution >= 4 is 27.3 Å². The summed E-state index contributed by atoms with van der Waals surface area (Å²) in [4.78, 5) is 0. The van der Waals surface area contributed by atoms with E-state index < -0.39 is 0 Å². The quantitative estimate of drug-likeness (QED) is 0.759. The summed E-state index contributed by atoms with van der Waals surface area (Å²) in [7, 11) is 0. The minimum absolute atomic E-state index is 0. The van der Waals surface area contributed by atoms with Crippen molar-refractivity contribution in [3.05, 3.63) is 30.3 Å². The monoisotopic (exact) mass is 354 g/mol. The van der Waals surface area contributed by atoms with Crippen molar-refractivity contribution in [3.8, 4) is 11.4 Å². The van der Waals surface area contributed by atoms with E-state index in [1.54, 1.807) is 0 Å². The van der Waals surface area contributed by atoms with Crippen molar-refractivity contribution in [2.24, 2.45) is 0 Å². The van der Waals surface area contributed by atoms with Gasteiger partial charge in [-0.1, -0.05) is 30.3 Å². The molecule has 0 aliphatic heterocycles. The Hall–Kier alpha value is -0.788. The molecule has 0 aliphatic carbocycles. The molecule has 2 aromatic rings. The van der Waals surface area contributed by atoms with Gasteiger partial charge >= 0.3 is 0 Å². The molecule has 5 heteroatoms. The van der Waals surface area contributed by atoms with Crippen LogP contribution >= 0.6 is 0 Å². The molecule has 1 aromatic carbocycles. The fourth-order valence-corrected chi connectivity index (χ4v) is 0.871. The maximum atomic E-state index is 3.84. The molecule has 0 saturated carbocycles. The second-order valence-corrected chi connectivity index (χ2v) is 2.10. The maximum Gasteiger partial charge on any atom is 0.204 e. The summed E-state index contributed by atoms with van der Waals surface area (Å²) < 4.78 is 0. The van der Waals surface area contributed by atoms with Crippen molar-refractivity contribution in [1.29, 1.82) is 0 Å². The van der Waals surface area contributed by atoms with Crippen LogP contribution in [0.5, 0.6) is 0 Å². The molecule has 0 atom stereocenters. The number of rotatable bonds is 1. The van der Waals surface area contributed by atoms with Crippen molar-refractivity contribution in [3.63, 3.8) is 0 Å². The molecule has 0 saturated heterocycles. The zero-order chi connectivity index (χ0) is 7.52. The predicted octanol–water partition coefficient (Wildman–Crippen LogP) is 0.486. The van der Waals surface area contributed by atoms with Crippen LogP contribution in [-0.4, -0.2) is 47.9 Å². The molecule has 0 amide bonds. The van der Waals surface area contributed by atoms with Gasteiger partial charge in [0.25, 0.3) is 0 Å². The van der Waals surface area contributed by atoms with Gasteiger partial charge in [0, 0.05) is 32.9 Å². The van der Waals surface area contributed by atoms with Crippen molar-refractivity contribution in [1.82, 2.24) is 20.6 Å². The van der Waals surface area contributed by atoms with Gasteiger partial charge in [0.2, 0.25) is 5.82 Å². The smallest absolute Gasteiger partial charge is 0.177 e. The van der Waals surface area contributed by atoms with Crippen LogP contribution in [-0.2, 0) is 0 Å². The molecule has 58 valence electrons. The van der Waals surface area contributed by atoms with E-state index in [1.807, 2.05) is 30.3 Å². The fourth-order valence-electron chi connectivity index (χ4n) is 0.871. The van der Waals surface area contributed by atoms with Crippen LogP contribution in [0.25, 0.3) is 11.4 Å². The molecular weight excluding hydrogens is 347 g/mol. The zero-order valence-corrected chi connectivity index (χ0v) is 10.1. The molecular formula is C7H6N4Pb. The average molecular weight is 353 g/mol. The van der Waals surface area contributed by atoms with Gasteiger partial charge in [-0.3, -0.25) is 0 Å². The van der Waals surface area contributed by atoms with Crippen molar-refractivity contribution < 1.29 is 0 Å². The van der Waals surface area contributed by atoms with E-state index >= 15 is 0 Å². The first kappa shape index (κ1) is 9.30. The van der Waals surface area contributed by atoms with Crippen LogP contribution < -0.4 is 0 Å². The summed E-state index contributed by atoms with van der Waals surface area (Å²) in [6.45, 7) is 0. The number of benzene rings is 1.